The molecule has 0 spiro atoms. The van der Waals surface area contributed by atoms with Crippen LogP contribution in [-0.2, 0) is 14.8 Å². The highest BCUT2D eigenvalue weighted by atomic mass is 32.2. The molecule has 0 bridgehead atoms. The number of benzene rings is 1. The molecule has 0 aliphatic rings. The van der Waals surface area contributed by atoms with Crippen molar-refractivity contribution in [3.63, 3.8) is 0 Å². The lowest BCUT2D eigenvalue weighted by atomic mass is 10.2. The Morgan fingerprint density at radius 3 is 2.43 bits per heavy atom. The van der Waals surface area contributed by atoms with Crippen molar-refractivity contribution in [2.75, 3.05) is 7.11 Å². The molecular weight excluding hydrogens is 294 g/mol. The van der Waals surface area contributed by atoms with E-state index in [9.17, 15) is 18.0 Å². The molecule has 2 rings (SSSR count). The summed E-state index contributed by atoms with van der Waals surface area (Å²) in [4.78, 5) is 23.3. The molecule has 0 N–H and O–H groups in total. The maximum Gasteiger partial charge on any atom is 0.339 e. The second kappa shape index (κ2) is 5.53. The molecule has 21 heavy (non-hydrogen) atoms. The highest BCUT2D eigenvalue weighted by Crippen LogP contribution is 2.16. The van der Waals surface area contributed by atoms with Gasteiger partial charge in [-0.05, 0) is 24.6 Å². The van der Waals surface area contributed by atoms with Gasteiger partial charge in [-0.2, -0.15) is 0 Å². The molecule has 110 valence electrons. The number of esters is 1. The summed E-state index contributed by atoms with van der Waals surface area (Å²) in [7, 11) is -2.89. The Morgan fingerprint density at radius 1 is 1.14 bits per heavy atom. The van der Waals surface area contributed by atoms with Crippen molar-refractivity contribution < 1.29 is 17.9 Å². The van der Waals surface area contributed by atoms with Gasteiger partial charge >= 0.3 is 5.97 Å². The van der Waals surface area contributed by atoms with Crippen molar-refractivity contribution in [2.24, 2.45) is 0 Å². The summed E-state index contributed by atoms with van der Waals surface area (Å²) >= 11 is 0. The maximum atomic E-state index is 12.5. The first-order chi connectivity index (χ1) is 9.87. The van der Waals surface area contributed by atoms with E-state index in [1.54, 1.807) is 25.1 Å². The Balaban J connectivity index is 2.69. The van der Waals surface area contributed by atoms with Gasteiger partial charge in [0, 0.05) is 12.3 Å². The van der Waals surface area contributed by atoms with Crippen molar-refractivity contribution in [2.45, 2.75) is 11.8 Å². The second-order valence-corrected chi connectivity index (χ2v) is 6.10. The quantitative estimate of drug-likeness (QED) is 0.795. The van der Waals surface area contributed by atoms with Crippen LogP contribution >= 0.6 is 0 Å². The van der Waals surface area contributed by atoms with Crippen LogP contribution in [0.3, 0.4) is 0 Å². The number of nitrogens with zero attached hydrogens (tertiary/aromatic N) is 1. The third kappa shape index (κ3) is 2.73. The number of aromatic nitrogens is 1. The van der Waals surface area contributed by atoms with Gasteiger partial charge in [0.2, 0.25) is 0 Å². The Hall–Kier alpha value is -2.41. The minimum Gasteiger partial charge on any atom is -0.465 e. The van der Waals surface area contributed by atoms with Gasteiger partial charge in [-0.3, -0.25) is 4.79 Å². The predicted octanol–water partition coefficient (Wildman–Crippen LogP) is 1.18. The molecule has 2 aromatic rings. The summed E-state index contributed by atoms with van der Waals surface area (Å²) in [5, 5.41) is 0. The van der Waals surface area contributed by atoms with E-state index in [4.69, 9.17) is 0 Å². The zero-order valence-electron chi connectivity index (χ0n) is 11.4. The van der Waals surface area contributed by atoms with Gasteiger partial charge in [0.05, 0.1) is 17.6 Å². The first-order valence-corrected chi connectivity index (χ1v) is 7.44. The van der Waals surface area contributed by atoms with Gasteiger partial charge in [-0.15, -0.1) is 0 Å². The molecule has 1 heterocycles. The largest absolute Gasteiger partial charge is 0.465 e. The number of carbonyl (C=O) groups excluding carboxylic acids is 1. The zero-order valence-corrected chi connectivity index (χ0v) is 12.3. The summed E-state index contributed by atoms with van der Waals surface area (Å²) in [6.45, 7) is 1.63. The van der Waals surface area contributed by atoms with Gasteiger partial charge in [-0.25, -0.2) is 17.2 Å². The average Bonchev–Trinajstić information content (AvgIpc) is 2.47. The molecule has 0 unspecified atom stereocenters. The molecule has 0 saturated heterocycles. The first kappa shape index (κ1) is 15.0. The van der Waals surface area contributed by atoms with E-state index in [-0.39, 0.29) is 10.5 Å². The number of methoxy groups -OCH3 is 1. The van der Waals surface area contributed by atoms with Crippen LogP contribution < -0.4 is 5.56 Å². The van der Waals surface area contributed by atoms with E-state index in [1.165, 1.54) is 19.2 Å². The molecule has 0 aliphatic heterocycles. The van der Waals surface area contributed by atoms with Gasteiger partial charge in [0.1, 0.15) is 0 Å². The molecule has 0 amide bonds. The molecule has 1 aromatic carbocycles. The van der Waals surface area contributed by atoms with Gasteiger partial charge in [-0.1, -0.05) is 18.2 Å². The number of rotatable bonds is 3. The smallest absolute Gasteiger partial charge is 0.339 e. The third-order valence-corrected chi connectivity index (χ3v) is 4.75. The highest BCUT2D eigenvalue weighted by Gasteiger charge is 2.21. The number of pyridine rings is 1. The van der Waals surface area contributed by atoms with Crippen LogP contribution in [0, 0.1) is 6.92 Å². The lowest BCUT2D eigenvalue weighted by molar-refractivity contribution is 0.0600. The Labute approximate surface area is 121 Å². The average molecular weight is 307 g/mol. The normalized spacial score (nSPS) is 11.1. The Morgan fingerprint density at radius 2 is 1.81 bits per heavy atom. The van der Waals surface area contributed by atoms with Crippen LogP contribution in [0.2, 0.25) is 0 Å². The van der Waals surface area contributed by atoms with E-state index in [2.05, 4.69) is 4.74 Å². The summed E-state index contributed by atoms with van der Waals surface area (Å²) < 4.78 is 30.2. The van der Waals surface area contributed by atoms with Gasteiger partial charge in [0.15, 0.2) is 0 Å². The summed E-state index contributed by atoms with van der Waals surface area (Å²) in [5.41, 5.74) is -0.256. The SMILES string of the molecule is COC(=O)c1ccc(=O)n(S(=O)(=O)c2ccccc2C)c1. The molecule has 0 saturated carbocycles. The number of hydrogen-bond donors (Lipinski definition) is 0. The number of ether oxygens (including phenoxy) is 1. The van der Waals surface area contributed by atoms with Crippen molar-refractivity contribution in [1.29, 1.82) is 0 Å². The van der Waals surface area contributed by atoms with Crippen LogP contribution in [0.15, 0.2) is 52.3 Å². The van der Waals surface area contributed by atoms with E-state index in [1.807, 2.05) is 0 Å². The fraction of sp³-hybridized carbons (Fsp3) is 0.143. The summed E-state index contributed by atoms with van der Waals surface area (Å²) in [6, 6.07) is 8.53. The topological polar surface area (TPSA) is 82.4 Å². The van der Waals surface area contributed by atoms with E-state index in [0.717, 1.165) is 12.3 Å². The minimum absolute atomic E-state index is 0.00844. The minimum atomic E-state index is -4.07. The van der Waals surface area contributed by atoms with Gasteiger partial charge in [0.25, 0.3) is 15.6 Å². The number of hydrogen-bond acceptors (Lipinski definition) is 5. The first-order valence-electron chi connectivity index (χ1n) is 6.00. The summed E-state index contributed by atoms with van der Waals surface area (Å²) in [5.74, 6) is -0.719. The Bertz CT molecular complexity index is 852. The van der Waals surface area contributed by atoms with E-state index >= 15 is 0 Å². The van der Waals surface area contributed by atoms with Crippen LogP contribution in [0.5, 0.6) is 0 Å². The molecule has 0 radical (unpaired) electrons. The highest BCUT2D eigenvalue weighted by molar-refractivity contribution is 7.90. The predicted molar refractivity (Wildman–Crippen MR) is 75.8 cm³/mol. The lowest BCUT2D eigenvalue weighted by Gasteiger charge is -2.10. The molecule has 0 fully saturated rings. The lowest BCUT2D eigenvalue weighted by Crippen LogP contribution is -2.28. The summed E-state index contributed by atoms with van der Waals surface area (Å²) in [6.07, 6.45) is 0.968. The molecular formula is C14H13NO5S. The monoisotopic (exact) mass is 307 g/mol. The third-order valence-electron chi connectivity index (χ3n) is 2.93. The Kier molecular flexibility index (Phi) is 3.95. The van der Waals surface area contributed by atoms with Gasteiger partial charge < -0.3 is 4.74 Å². The fourth-order valence-corrected chi connectivity index (χ4v) is 3.33. The fourth-order valence-electron chi connectivity index (χ4n) is 1.85. The molecule has 6 nitrogen and oxygen atoms in total. The maximum absolute atomic E-state index is 12.5. The van der Waals surface area contributed by atoms with E-state index < -0.39 is 21.6 Å². The molecule has 0 aliphatic carbocycles. The van der Waals surface area contributed by atoms with Crippen molar-refractivity contribution >= 4 is 16.0 Å². The van der Waals surface area contributed by atoms with Crippen LogP contribution in [-0.4, -0.2) is 25.5 Å². The second-order valence-electron chi connectivity index (χ2n) is 4.31. The molecule has 7 heteroatoms. The zero-order chi connectivity index (χ0) is 15.6. The van der Waals surface area contributed by atoms with Crippen molar-refractivity contribution in [3.05, 3.63) is 64.1 Å². The number of carbonyl (C=O) groups is 1. The van der Waals surface area contributed by atoms with Crippen LogP contribution in [0.1, 0.15) is 15.9 Å². The van der Waals surface area contributed by atoms with Crippen LogP contribution in [0.25, 0.3) is 0 Å². The molecule has 0 atom stereocenters. The van der Waals surface area contributed by atoms with E-state index in [0.29, 0.717) is 9.54 Å². The van der Waals surface area contributed by atoms with Crippen molar-refractivity contribution in [1.82, 2.24) is 3.97 Å². The number of aryl methyl sites for hydroxylation is 1. The van der Waals surface area contributed by atoms with Crippen molar-refractivity contribution in [3.8, 4) is 0 Å². The standard InChI is InChI=1S/C14H13NO5S/c1-10-5-3-4-6-12(10)21(18,19)15-9-11(14(17)20-2)7-8-13(15)16/h3-9H,1-2H3. The molecule has 1 aromatic heterocycles. The van der Waals surface area contributed by atoms with Crippen LogP contribution in [0.4, 0.5) is 0 Å².